The van der Waals surface area contributed by atoms with Gasteiger partial charge in [0, 0.05) is 47.4 Å². The van der Waals surface area contributed by atoms with Crippen molar-refractivity contribution < 1.29 is 23.4 Å². The summed E-state index contributed by atoms with van der Waals surface area (Å²) in [5, 5.41) is 6.24. The van der Waals surface area contributed by atoms with Crippen LogP contribution in [0.4, 0.5) is 4.39 Å². The third-order valence-corrected chi connectivity index (χ3v) is 8.41. The van der Waals surface area contributed by atoms with Gasteiger partial charge in [0.15, 0.2) is 0 Å². The van der Waals surface area contributed by atoms with Gasteiger partial charge in [-0.05, 0) is 94.3 Å². The van der Waals surface area contributed by atoms with Crippen molar-refractivity contribution in [2.45, 2.75) is 66.5 Å². The van der Waals surface area contributed by atoms with E-state index in [1.54, 1.807) is 17.7 Å². The summed E-state index contributed by atoms with van der Waals surface area (Å²) in [6.07, 6.45) is 2.80. The molecule has 218 valence electrons. The van der Waals surface area contributed by atoms with Gasteiger partial charge in [0.2, 0.25) is 0 Å². The van der Waals surface area contributed by atoms with Gasteiger partial charge >= 0.3 is 5.97 Å². The van der Waals surface area contributed by atoms with E-state index in [9.17, 15) is 4.79 Å². The number of benzene rings is 2. The van der Waals surface area contributed by atoms with E-state index in [2.05, 4.69) is 5.10 Å². The van der Waals surface area contributed by atoms with Gasteiger partial charge in [-0.15, -0.1) is 0 Å². The molecule has 0 saturated carbocycles. The Labute approximate surface area is 245 Å². The van der Waals surface area contributed by atoms with Crippen molar-refractivity contribution in [3.63, 3.8) is 0 Å². The summed E-state index contributed by atoms with van der Waals surface area (Å²) in [4.78, 5) is 13.5. The first-order valence-electron chi connectivity index (χ1n) is 14.2. The van der Waals surface area contributed by atoms with E-state index in [0.29, 0.717) is 61.7 Å². The van der Waals surface area contributed by atoms with Gasteiger partial charge in [-0.3, -0.25) is 4.68 Å². The highest BCUT2D eigenvalue weighted by Crippen LogP contribution is 2.40. The summed E-state index contributed by atoms with van der Waals surface area (Å²) in [5.41, 5.74) is 6.66. The van der Waals surface area contributed by atoms with Gasteiger partial charge in [0.25, 0.3) is 0 Å². The van der Waals surface area contributed by atoms with Crippen LogP contribution in [0.2, 0.25) is 5.02 Å². The largest absolute Gasteiger partial charge is 0.494 e. The maximum absolute atomic E-state index is 15.9. The van der Waals surface area contributed by atoms with Crippen LogP contribution in [-0.2, 0) is 36.1 Å². The molecule has 2 aromatic heterocycles. The van der Waals surface area contributed by atoms with Crippen LogP contribution in [0.25, 0.3) is 22.0 Å². The van der Waals surface area contributed by atoms with E-state index in [1.165, 1.54) is 6.07 Å². The zero-order chi connectivity index (χ0) is 29.3. The predicted octanol–water partition coefficient (Wildman–Crippen LogP) is 7.26. The number of esters is 1. The van der Waals surface area contributed by atoms with Gasteiger partial charge in [-0.25, -0.2) is 9.18 Å². The Morgan fingerprint density at radius 3 is 2.63 bits per heavy atom. The average Bonchev–Trinajstić information content (AvgIpc) is 3.38. The van der Waals surface area contributed by atoms with Crippen LogP contribution >= 0.6 is 11.6 Å². The molecule has 7 nitrogen and oxygen atoms in total. The fraction of sp³-hybridized carbons (Fsp3) is 0.438. The third-order valence-electron chi connectivity index (χ3n) is 7.81. The highest BCUT2D eigenvalue weighted by Gasteiger charge is 2.29. The normalized spacial score (nSPS) is 13.6. The molecule has 0 spiro atoms. The summed E-state index contributed by atoms with van der Waals surface area (Å²) in [5.74, 6) is 0.00820. The van der Waals surface area contributed by atoms with Crippen molar-refractivity contribution in [2.24, 2.45) is 7.05 Å². The molecule has 1 aliphatic heterocycles. The first-order valence-corrected chi connectivity index (χ1v) is 14.6. The van der Waals surface area contributed by atoms with Crippen LogP contribution in [0.15, 0.2) is 24.3 Å². The van der Waals surface area contributed by atoms with Crippen molar-refractivity contribution in [2.75, 3.05) is 19.8 Å². The molecule has 0 fully saturated rings. The number of rotatable bonds is 7. The van der Waals surface area contributed by atoms with Crippen molar-refractivity contribution in [1.29, 1.82) is 0 Å². The summed E-state index contributed by atoms with van der Waals surface area (Å²) in [6, 6.07) is 7.15. The molecular weight excluding hydrogens is 545 g/mol. The standard InChI is InChI=1S/C32H37ClFN3O4/c1-6-40-32(38)31-23(10-9-15-41-22-16-19(2)29(33)20(3)17-22)24-11-12-25(34)28-27-21(4)36(5)35-26(27)18-39-14-8-7-13-37(31)30(24)28/h11-12,16-17H,6-10,13-15,18H2,1-5H3. The second kappa shape index (κ2) is 12.2. The molecule has 0 atom stereocenters. The lowest BCUT2D eigenvalue weighted by atomic mass is 9.97. The lowest BCUT2D eigenvalue weighted by Crippen LogP contribution is -2.15. The Morgan fingerprint density at radius 2 is 1.90 bits per heavy atom. The highest BCUT2D eigenvalue weighted by molar-refractivity contribution is 6.32. The van der Waals surface area contributed by atoms with E-state index in [4.69, 9.17) is 25.8 Å². The molecule has 0 saturated heterocycles. The molecule has 0 amide bonds. The number of aromatic nitrogens is 3. The molecule has 41 heavy (non-hydrogen) atoms. The van der Waals surface area contributed by atoms with Crippen LogP contribution < -0.4 is 4.74 Å². The van der Waals surface area contributed by atoms with Crippen LogP contribution in [0.5, 0.6) is 5.75 Å². The number of aryl methyl sites for hydroxylation is 5. The number of hydrogen-bond acceptors (Lipinski definition) is 5. The zero-order valence-electron chi connectivity index (χ0n) is 24.4. The van der Waals surface area contributed by atoms with Crippen LogP contribution in [0.3, 0.4) is 0 Å². The topological polar surface area (TPSA) is 67.5 Å². The summed E-state index contributed by atoms with van der Waals surface area (Å²) < 4.78 is 37.2. The number of carbonyl (C=O) groups excluding carboxylic acids is 1. The Bertz CT molecular complexity index is 1580. The van der Waals surface area contributed by atoms with E-state index in [0.717, 1.165) is 56.9 Å². The SMILES string of the molecule is CCOC(=O)c1c(CCCOc2cc(C)c(Cl)c(C)c2)c2ccc(F)c3c2n1CCCCOCc1nn(C)c(C)c1-3. The van der Waals surface area contributed by atoms with Crippen LogP contribution in [0, 0.1) is 26.6 Å². The smallest absolute Gasteiger partial charge is 0.355 e. The summed E-state index contributed by atoms with van der Waals surface area (Å²) in [7, 11) is 1.85. The molecule has 0 unspecified atom stereocenters. The average molecular weight is 582 g/mol. The molecular formula is C32H37ClFN3O4. The van der Waals surface area contributed by atoms with Crippen molar-refractivity contribution in [1.82, 2.24) is 14.3 Å². The fourth-order valence-electron chi connectivity index (χ4n) is 5.81. The highest BCUT2D eigenvalue weighted by atomic mass is 35.5. The molecule has 5 rings (SSSR count). The zero-order valence-corrected chi connectivity index (χ0v) is 25.2. The Morgan fingerprint density at radius 1 is 1.15 bits per heavy atom. The molecule has 2 aromatic carbocycles. The van der Waals surface area contributed by atoms with Gasteiger partial charge in [0.05, 0.1) is 31.0 Å². The van der Waals surface area contributed by atoms with Gasteiger partial charge in [0.1, 0.15) is 17.3 Å². The second-order valence-electron chi connectivity index (χ2n) is 10.6. The quantitative estimate of drug-likeness (QED) is 0.170. The molecule has 3 heterocycles. The van der Waals surface area contributed by atoms with Crippen molar-refractivity contribution in [3.8, 4) is 16.9 Å². The van der Waals surface area contributed by atoms with E-state index < -0.39 is 5.97 Å². The number of nitrogens with zero attached hydrogens (tertiary/aromatic N) is 3. The monoisotopic (exact) mass is 581 g/mol. The number of halogens is 2. The summed E-state index contributed by atoms with van der Waals surface area (Å²) >= 11 is 6.32. The van der Waals surface area contributed by atoms with Crippen LogP contribution in [0.1, 0.15) is 64.8 Å². The number of ether oxygens (including phenoxy) is 3. The number of fused-ring (bicyclic) bond motifs is 2. The Kier molecular flexibility index (Phi) is 8.71. The molecule has 0 radical (unpaired) electrons. The molecule has 0 aliphatic carbocycles. The second-order valence-corrected chi connectivity index (χ2v) is 11.0. The minimum absolute atomic E-state index is 0.249. The first kappa shape index (κ1) is 29.1. The Balaban J connectivity index is 1.61. The molecule has 1 aliphatic rings. The van der Waals surface area contributed by atoms with E-state index in [1.807, 2.05) is 44.5 Å². The van der Waals surface area contributed by atoms with Crippen molar-refractivity contribution in [3.05, 3.63) is 68.9 Å². The fourth-order valence-corrected chi connectivity index (χ4v) is 5.92. The molecule has 9 heteroatoms. The third kappa shape index (κ3) is 5.60. The lowest BCUT2D eigenvalue weighted by molar-refractivity contribution is 0.0512. The first-order chi connectivity index (χ1) is 19.7. The lowest BCUT2D eigenvalue weighted by Gasteiger charge is -2.14. The molecule has 4 aromatic rings. The number of hydrogen-bond donors (Lipinski definition) is 0. The predicted molar refractivity (Wildman–Crippen MR) is 158 cm³/mol. The minimum Gasteiger partial charge on any atom is -0.494 e. The maximum Gasteiger partial charge on any atom is 0.355 e. The van der Waals surface area contributed by atoms with E-state index >= 15 is 4.39 Å². The van der Waals surface area contributed by atoms with Gasteiger partial charge < -0.3 is 18.8 Å². The summed E-state index contributed by atoms with van der Waals surface area (Å²) in [6.45, 7) is 9.74. The molecule has 0 N–H and O–H groups in total. The number of carbonyl (C=O) groups is 1. The van der Waals surface area contributed by atoms with E-state index in [-0.39, 0.29) is 12.4 Å². The van der Waals surface area contributed by atoms with Crippen LogP contribution in [-0.4, -0.2) is 40.1 Å². The van der Waals surface area contributed by atoms with Gasteiger partial charge in [-0.1, -0.05) is 11.6 Å². The maximum atomic E-state index is 15.9. The van der Waals surface area contributed by atoms with Crippen molar-refractivity contribution >= 4 is 28.5 Å². The minimum atomic E-state index is -0.399. The Hall–Kier alpha value is -3.36. The van der Waals surface area contributed by atoms with Gasteiger partial charge in [-0.2, -0.15) is 5.10 Å². The molecule has 0 bridgehead atoms.